The number of amides is 1. The molecule has 0 radical (unpaired) electrons. The first kappa shape index (κ1) is 22.5. The van der Waals surface area contributed by atoms with Crippen LogP contribution in [0, 0.1) is 0 Å². The van der Waals surface area contributed by atoms with E-state index in [0.29, 0.717) is 19.4 Å². The highest BCUT2D eigenvalue weighted by Crippen LogP contribution is 2.23. The van der Waals surface area contributed by atoms with Crippen molar-refractivity contribution in [3.05, 3.63) is 71.3 Å². The Morgan fingerprint density at radius 1 is 1.07 bits per heavy atom. The normalized spacial score (nSPS) is 21.2. The van der Waals surface area contributed by atoms with E-state index in [0.717, 1.165) is 17.5 Å². The molecule has 2 aromatic carbocycles. The van der Waals surface area contributed by atoms with Crippen LogP contribution >= 0.6 is 0 Å². The molecular weight excluding hydrogens is 376 g/mol. The minimum Gasteiger partial charge on any atom is -0.388 e. The van der Waals surface area contributed by atoms with E-state index < -0.39 is 11.7 Å². The number of hydrogen-bond acceptors (Lipinski definition) is 4. The van der Waals surface area contributed by atoms with Crippen LogP contribution in [0.25, 0.3) is 0 Å². The Hall–Kier alpha value is -2.21. The first-order chi connectivity index (χ1) is 14.5. The van der Waals surface area contributed by atoms with Gasteiger partial charge in [-0.05, 0) is 36.0 Å². The van der Waals surface area contributed by atoms with E-state index in [-0.39, 0.29) is 25.5 Å². The van der Waals surface area contributed by atoms with Gasteiger partial charge in [-0.25, -0.2) is 0 Å². The molecule has 30 heavy (non-hydrogen) atoms. The molecule has 1 aliphatic heterocycles. The minimum absolute atomic E-state index is 0.0310. The molecule has 1 fully saturated rings. The average molecular weight is 411 g/mol. The zero-order valence-corrected chi connectivity index (χ0v) is 17.9. The quantitative estimate of drug-likeness (QED) is 0.563. The van der Waals surface area contributed by atoms with Crippen molar-refractivity contribution in [2.24, 2.45) is 0 Å². The number of carbonyl (C=O) groups is 1. The summed E-state index contributed by atoms with van der Waals surface area (Å²) in [4.78, 5) is 14.1. The summed E-state index contributed by atoms with van der Waals surface area (Å²) in [5, 5.41) is 24.5. The molecule has 2 aromatic rings. The highest BCUT2D eigenvalue weighted by Gasteiger charge is 2.45. The van der Waals surface area contributed by atoms with Crippen LogP contribution in [0.3, 0.4) is 0 Å². The summed E-state index contributed by atoms with van der Waals surface area (Å²) in [6.45, 7) is 3.39. The predicted molar refractivity (Wildman–Crippen MR) is 119 cm³/mol. The zero-order chi connectivity index (χ0) is 21.4. The van der Waals surface area contributed by atoms with Crippen molar-refractivity contribution < 1.29 is 15.0 Å². The SMILES string of the molecule is CCCCc1ccc(CNC[C@]2(O)CN(C(=O)CCc3ccccc3)C[C@H]2O)cc1. The van der Waals surface area contributed by atoms with Gasteiger partial charge in [-0.2, -0.15) is 0 Å². The van der Waals surface area contributed by atoms with E-state index >= 15 is 0 Å². The monoisotopic (exact) mass is 410 g/mol. The lowest BCUT2D eigenvalue weighted by Crippen LogP contribution is -2.50. The van der Waals surface area contributed by atoms with Crippen LogP contribution < -0.4 is 5.32 Å². The molecule has 3 N–H and O–H groups in total. The Labute approximate surface area is 179 Å². The molecule has 0 bridgehead atoms. The molecule has 0 aromatic heterocycles. The van der Waals surface area contributed by atoms with Gasteiger partial charge in [-0.3, -0.25) is 4.79 Å². The van der Waals surface area contributed by atoms with Crippen molar-refractivity contribution in [3.8, 4) is 0 Å². The fraction of sp³-hybridized carbons (Fsp3) is 0.480. The third-order valence-electron chi connectivity index (χ3n) is 5.90. The molecule has 1 saturated heterocycles. The van der Waals surface area contributed by atoms with Crippen LogP contribution in [0.15, 0.2) is 54.6 Å². The smallest absolute Gasteiger partial charge is 0.223 e. The van der Waals surface area contributed by atoms with Gasteiger partial charge in [-0.1, -0.05) is 67.9 Å². The topological polar surface area (TPSA) is 72.8 Å². The van der Waals surface area contributed by atoms with E-state index in [1.54, 1.807) is 4.90 Å². The largest absolute Gasteiger partial charge is 0.388 e. The van der Waals surface area contributed by atoms with Gasteiger partial charge in [0.15, 0.2) is 0 Å². The molecule has 5 heteroatoms. The first-order valence-electron chi connectivity index (χ1n) is 11.0. The van der Waals surface area contributed by atoms with Gasteiger partial charge in [-0.15, -0.1) is 0 Å². The fourth-order valence-electron chi connectivity index (χ4n) is 3.92. The molecule has 0 spiro atoms. The summed E-state index contributed by atoms with van der Waals surface area (Å²) in [6.07, 6.45) is 3.59. The lowest BCUT2D eigenvalue weighted by Gasteiger charge is -2.26. The summed E-state index contributed by atoms with van der Waals surface area (Å²) in [5.41, 5.74) is 2.28. The summed E-state index contributed by atoms with van der Waals surface area (Å²) in [7, 11) is 0. The second-order valence-corrected chi connectivity index (χ2v) is 8.40. The number of nitrogens with one attached hydrogen (secondary N) is 1. The van der Waals surface area contributed by atoms with E-state index in [1.165, 1.54) is 18.4 Å². The van der Waals surface area contributed by atoms with Crippen molar-refractivity contribution in [3.63, 3.8) is 0 Å². The number of aryl methyl sites for hydroxylation is 2. The molecule has 162 valence electrons. The maximum absolute atomic E-state index is 12.5. The molecule has 1 amide bonds. The average Bonchev–Trinajstić information content (AvgIpc) is 3.07. The molecule has 0 aliphatic carbocycles. The Morgan fingerprint density at radius 2 is 1.73 bits per heavy atom. The predicted octanol–water partition coefficient (Wildman–Crippen LogP) is 2.69. The zero-order valence-electron chi connectivity index (χ0n) is 17.9. The van der Waals surface area contributed by atoms with Crippen molar-refractivity contribution in [1.29, 1.82) is 0 Å². The number of aliphatic hydroxyl groups is 2. The lowest BCUT2D eigenvalue weighted by atomic mass is 10.0. The van der Waals surface area contributed by atoms with E-state index in [1.807, 2.05) is 30.3 Å². The van der Waals surface area contributed by atoms with Crippen molar-refractivity contribution in [1.82, 2.24) is 10.2 Å². The van der Waals surface area contributed by atoms with Crippen LogP contribution in [-0.2, 0) is 24.2 Å². The number of nitrogens with zero attached hydrogens (tertiary/aromatic N) is 1. The van der Waals surface area contributed by atoms with Crippen molar-refractivity contribution >= 4 is 5.91 Å². The number of rotatable bonds is 10. The van der Waals surface area contributed by atoms with E-state index in [2.05, 4.69) is 36.5 Å². The molecule has 2 atom stereocenters. The van der Waals surface area contributed by atoms with E-state index in [4.69, 9.17) is 0 Å². The summed E-state index contributed by atoms with van der Waals surface area (Å²) in [6, 6.07) is 18.4. The molecule has 3 rings (SSSR count). The van der Waals surface area contributed by atoms with Crippen LogP contribution in [0.5, 0.6) is 0 Å². The summed E-state index contributed by atoms with van der Waals surface area (Å²) < 4.78 is 0. The first-order valence-corrected chi connectivity index (χ1v) is 11.0. The maximum atomic E-state index is 12.5. The fourth-order valence-corrected chi connectivity index (χ4v) is 3.92. The third-order valence-corrected chi connectivity index (χ3v) is 5.90. The molecular formula is C25H34N2O3. The number of unbranched alkanes of at least 4 members (excludes halogenated alkanes) is 1. The number of β-amino-alcohol motifs (C(OH)–C–C–N with tert-alkyl or cyclic N) is 2. The van der Waals surface area contributed by atoms with Gasteiger partial charge >= 0.3 is 0 Å². The van der Waals surface area contributed by atoms with Crippen LogP contribution in [-0.4, -0.2) is 52.4 Å². The van der Waals surface area contributed by atoms with Crippen molar-refractivity contribution in [2.45, 2.75) is 57.3 Å². The molecule has 0 saturated carbocycles. The number of hydrogen-bond donors (Lipinski definition) is 3. The molecule has 5 nitrogen and oxygen atoms in total. The Balaban J connectivity index is 1.44. The van der Waals surface area contributed by atoms with Crippen molar-refractivity contribution in [2.75, 3.05) is 19.6 Å². The second-order valence-electron chi connectivity index (χ2n) is 8.40. The Bertz CT molecular complexity index is 794. The molecule has 1 heterocycles. The minimum atomic E-state index is -1.32. The summed E-state index contributed by atoms with van der Waals surface area (Å²) >= 11 is 0. The van der Waals surface area contributed by atoms with Gasteiger partial charge in [0.2, 0.25) is 5.91 Å². The van der Waals surface area contributed by atoms with Crippen LogP contribution in [0.2, 0.25) is 0 Å². The molecule has 0 unspecified atom stereocenters. The van der Waals surface area contributed by atoms with Crippen LogP contribution in [0.4, 0.5) is 0 Å². The standard InChI is InChI=1S/C25H34N2O3/c1-2-3-7-21-10-12-22(13-11-21)16-26-18-25(30)19-27(17-23(25)28)24(29)15-14-20-8-5-4-6-9-20/h4-6,8-13,23,26,28,30H,2-3,7,14-19H2,1H3/t23-,25+/m1/s1. The van der Waals surface area contributed by atoms with E-state index in [9.17, 15) is 15.0 Å². The van der Waals surface area contributed by atoms with Gasteiger partial charge in [0.25, 0.3) is 0 Å². The number of benzene rings is 2. The molecule has 1 aliphatic rings. The Morgan fingerprint density at radius 3 is 2.43 bits per heavy atom. The number of aliphatic hydroxyl groups excluding tert-OH is 1. The third kappa shape index (κ3) is 6.14. The second kappa shape index (κ2) is 10.7. The lowest BCUT2D eigenvalue weighted by molar-refractivity contribution is -0.131. The number of carbonyl (C=O) groups excluding carboxylic acids is 1. The Kier molecular flexibility index (Phi) is 8.02. The van der Waals surface area contributed by atoms with Gasteiger partial charge in [0.1, 0.15) is 11.7 Å². The maximum Gasteiger partial charge on any atom is 0.223 e. The van der Waals surface area contributed by atoms with Gasteiger partial charge in [0, 0.05) is 26.1 Å². The number of likely N-dealkylation sites (tertiary alicyclic amines) is 1. The van der Waals surface area contributed by atoms with Gasteiger partial charge in [0.05, 0.1) is 6.54 Å². The van der Waals surface area contributed by atoms with Gasteiger partial charge < -0.3 is 20.4 Å². The summed E-state index contributed by atoms with van der Waals surface area (Å²) in [5.74, 6) is -0.0310. The highest BCUT2D eigenvalue weighted by molar-refractivity contribution is 5.77. The van der Waals surface area contributed by atoms with Crippen LogP contribution in [0.1, 0.15) is 42.9 Å². The highest BCUT2D eigenvalue weighted by atomic mass is 16.3.